The quantitative estimate of drug-likeness (QED) is 0.466. The largest absolute Gasteiger partial charge is 0.381 e. The van der Waals surface area contributed by atoms with Crippen molar-refractivity contribution in [3.8, 4) is 0 Å². The molecule has 1 aromatic rings. The van der Waals surface area contributed by atoms with E-state index in [0.717, 1.165) is 26.1 Å². The summed E-state index contributed by atoms with van der Waals surface area (Å²) in [4.78, 5) is 20.7. The number of ether oxygens (including phenoxy) is 1. The van der Waals surface area contributed by atoms with E-state index in [2.05, 4.69) is 15.4 Å². The van der Waals surface area contributed by atoms with E-state index in [1.165, 1.54) is 0 Å². The van der Waals surface area contributed by atoms with Gasteiger partial charge in [-0.3, -0.25) is 15.5 Å². The fourth-order valence-electron chi connectivity index (χ4n) is 2.50. The highest BCUT2D eigenvalue weighted by molar-refractivity contribution is 5.62. The molecule has 116 valence electrons. The summed E-state index contributed by atoms with van der Waals surface area (Å²) in [6, 6.07) is 0. The average molecular weight is 296 g/mol. The minimum absolute atomic E-state index is 0.0800. The maximum absolute atomic E-state index is 11.3. The minimum Gasteiger partial charge on any atom is -0.381 e. The zero-order chi connectivity index (χ0) is 15.4. The molecule has 1 aliphatic rings. The second kappa shape index (κ2) is 6.64. The number of nitrogens with zero attached hydrogens (tertiary/aromatic N) is 4. The highest BCUT2D eigenvalue weighted by atomic mass is 16.6. The van der Waals surface area contributed by atoms with Gasteiger partial charge in [0.2, 0.25) is 11.8 Å². The van der Waals surface area contributed by atoms with E-state index >= 15 is 0 Å². The normalized spacial score (nSPS) is 15.8. The van der Waals surface area contributed by atoms with Crippen molar-refractivity contribution >= 4 is 17.5 Å². The van der Waals surface area contributed by atoms with Gasteiger partial charge in [-0.15, -0.1) is 0 Å². The third-order valence-corrected chi connectivity index (χ3v) is 3.59. The first-order valence-electron chi connectivity index (χ1n) is 6.81. The molecule has 0 atom stereocenters. The molecule has 0 bridgehead atoms. The average Bonchev–Trinajstić information content (AvgIpc) is 2.46. The van der Waals surface area contributed by atoms with Crippen LogP contribution < -0.4 is 16.2 Å². The summed E-state index contributed by atoms with van der Waals surface area (Å²) in [6.07, 6.45) is 1.90. The Balaban J connectivity index is 2.26. The van der Waals surface area contributed by atoms with Crippen LogP contribution >= 0.6 is 0 Å². The molecule has 1 saturated heterocycles. The molecule has 0 spiro atoms. The number of aromatic nitrogens is 2. The molecule has 9 heteroatoms. The van der Waals surface area contributed by atoms with Crippen LogP contribution in [0, 0.1) is 23.0 Å². The van der Waals surface area contributed by atoms with Gasteiger partial charge in [-0.2, -0.15) is 4.98 Å². The minimum atomic E-state index is -0.453. The molecule has 0 aromatic carbocycles. The molecule has 1 aromatic heterocycles. The fourth-order valence-corrected chi connectivity index (χ4v) is 2.50. The van der Waals surface area contributed by atoms with E-state index in [1.54, 1.807) is 18.9 Å². The number of rotatable bonds is 5. The molecule has 21 heavy (non-hydrogen) atoms. The van der Waals surface area contributed by atoms with E-state index in [-0.39, 0.29) is 23.1 Å². The third kappa shape index (κ3) is 3.56. The molecule has 0 saturated carbocycles. The van der Waals surface area contributed by atoms with Gasteiger partial charge in [0, 0.05) is 26.8 Å². The second-order valence-electron chi connectivity index (χ2n) is 5.14. The van der Waals surface area contributed by atoms with Crippen molar-refractivity contribution in [2.24, 2.45) is 11.8 Å². The Bertz CT molecular complexity index is 518. The van der Waals surface area contributed by atoms with Crippen LogP contribution in [0.4, 0.5) is 17.5 Å². The monoisotopic (exact) mass is 296 g/mol. The standard InChI is InChI=1S/C12H20N6O3/c1-8-10(18(19)20)11(15-12(14-8)16-13)17(2)7-9-3-5-21-6-4-9/h9H,3-7,13H2,1-2H3,(H,14,15,16). The van der Waals surface area contributed by atoms with Crippen molar-refractivity contribution in [2.75, 3.05) is 37.1 Å². The highest BCUT2D eigenvalue weighted by Crippen LogP contribution is 2.30. The maximum atomic E-state index is 11.3. The second-order valence-corrected chi connectivity index (χ2v) is 5.14. The Morgan fingerprint density at radius 2 is 2.14 bits per heavy atom. The number of nitrogens with two attached hydrogens (primary N) is 1. The van der Waals surface area contributed by atoms with Gasteiger partial charge in [0.05, 0.1) is 4.92 Å². The molecular formula is C12H20N6O3. The number of hydrogen-bond acceptors (Lipinski definition) is 8. The molecule has 2 heterocycles. The molecular weight excluding hydrogens is 276 g/mol. The predicted octanol–water partition coefficient (Wildman–Crippen LogP) is 0.842. The lowest BCUT2D eigenvalue weighted by atomic mass is 10.00. The van der Waals surface area contributed by atoms with Crippen molar-refractivity contribution in [2.45, 2.75) is 19.8 Å². The van der Waals surface area contributed by atoms with Gasteiger partial charge < -0.3 is 9.64 Å². The molecule has 0 radical (unpaired) electrons. The summed E-state index contributed by atoms with van der Waals surface area (Å²) in [7, 11) is 1.80. The summed E-state index contributed by atoms with van der Waals surface area (Å²) >= 11 is 0. The molecule has 1 fully saturated rings. The van der Waals surface area contributed by atoms with Crippen LogP contribution in [0.25, 0.3) is 0 Å². The van der Waals surface area contributed by atoms with Crippen molar-refractivity contribution < 1.29 is 9.66 Å². The van der Waals surface area contributed by atoms with Crippen LogP contribution in [-0.4, -0.2) is 41.7 Å². The molecule has 1 aliphatic heterocycles. The SMILES string of the molecule is Cc1nc(NN)nc(N(C)CC2CCOCC2)c1[N+](=O)[O-]. The molecule has 2 rings (SSSR count). The van der Waals surface area contributed by atoms with Crippen LogP contribution in [0.15, 0.2) is 0 Å². The van der Waals surface area contributed by atoms with Crippen LogP contribution in [0.3, 0.4) is 0 Å². The molecule has 0 aliphatic carbocycles. The first-order chi connectivity index (χ1) is 10.0. The Morgan fingerprint density at radius 1 is 1.48 bits per heavy atom. The number of anilines is 2. The van der Waals surface area contributed by atoms with Gasteiger partial charge in [0.15, 0.2) is 0 Å². The smallest absolute Gasteiger partial charge is 0.332 e. The van der Waals surface area contributed by atoms with Gasteiger partial charge >= 0.3 is 5.69 Å². The van der Waals surface area contributed by atoms with Crippen molar-refractivity contribution in [1.82, 2.24) is 9.97 Å². The number of hydrogen-bond donors (Lipinski definition) is 2. The zero-order valence-electron chi connectivity index (χ0n) is 12.2. The molecule has 0 unspecified atom stereocenters. The van der Waals surface area contributed by atoms with Gasteiger partial charge in [-0.05, 0) is 25.7 Å². The van der Waals surface area contributed by atoms with Gasteiger partial charge in [0.25, 0.3) is 0 Å². The van der Waals surface area contributed by atoms with Crippen molar-refractivity contribution in [3.05, 3.63) is 15.8 Å². The Labute approximate surface area is 122 Å². The Morgan fingerprint density at radius 3 is 2.71 bits per heavy atom. The summed E-state index contributed by atoms with van der Waals surface area (Å²) < 4.78 is 5.33. The van der Waals surface area contributed by atoms with E-state index < -0.39 is 4.92 Å². The number of nitro groups is 1. The van der Waals surface area contributed by atoms with Crippen LogP contribution in [0.5, 0.6) is 0 Å². The molecule has 9 nitrogen and oxygen atoms in total. The van der Waals surface area contributed by atoms with E-state index in [1.807, 2.05) is 0 Å². The Hall–Kier alpha value is -2.00. The van der Waals surface area contributed by atoms with Crippen LogP contribution in [0.1, 0.15) is 18.5 Å². The number of hydrazine groups is 1. The predicted molar refractivity (Wildman–Crippen MR) is 78.0 cm³/mol. The zero-order valence-corrected chi connectivity index (χ0v) is 12.2. The van der Waals surface area contributed by atoms with Gasteiger partial charge in [0.1, 0.15) is 5.69 Å². The Kier molecular flexibility index (Phi) is 4.86. The number of nitrogen functional groups attached to an aromatic ring is 1. The lowest BCUT2D eigenvalue weighted by molar-refractivity contribution is -0.385. The van der Waals surface area contributed by atoms with Crippen LogP contribution in [-0.2, 0) is 4.74 Å². The summed E-state index contributed by atoms with van der Waals surface area (Å²) in [5, 5.41) is 11.3. The first-order valence-corrected chi connectivity index (χ1v) is 6.81. The maximum Gasteiger partial charge on any atom is 0.332 e. The molecule has 0 amide bonds. The summed E-state index contributed by atoms with van der Waals surface area (Å²) in [5.74, 6) is 6.21. The van der Waals surface area contributed by atoms with Gasteiger partial charge in [-0.1, -0.05) is 0 Å². The van der Waals surface area contributed by atoms with Crippen molar-refractivity contribution in [1.29, 1.82) is 0 Å². The lowest BCUT2D eigenvalue weighted by Gasteiger charge is -2.27. The lowest BCUT2D eigenvalue weighted by Crippen LogP contribution is -2.31. The number of nitrogens with one attached hydrogen (secondary N) is 1. The topological polar surface area (TPSA) is 119 Å². The molecule has 3 N–H and O–H groups in total. The van der Waals surface area contributed by atoms with Gasteiger partial charge in [-0.25, -0.2) is 10.8 Å². The highest BCUT2D eigenvalue weighted by Gasteiger charge is 2.26. The fraction of sp³-hybridized carbons (Fsp3) is 0.667. The first kappa shape index (κ1) is 15.4. The third-order valence-electron chi connectivity index (χ3n) is 3.59. The van der Waals surface area contributed by atoms with Crippen molar-refractivity contribution in [3.63, 3.8) is 0 Å². The van der Waals surface area contributed by atoms with E-state index in [0.29, 0.717) is 12.5 Å². The number of aryl methyl sites for hydroxylation is 1. The summed E-state index contributed by atoms with van der Waals surface area (Å²) in [5.41, 5.74) is 2.55. The van der Waals surface area contributed by atoms with E-state index in [9.17, 15) is 10.1 Å². The van der Waals surface area contributed by atoms with E-state index in [4.69, 9.17) is 10.6 Å². The van der Waals surface area contributed by atoms with Crippen LogP contribution in [0.2, 0.25) is 0 Å². The summed E-state index contributed by atoms with van der Waals surface area (Å²) in [6.45, 7) is 3.73.